The third-order valence-electron chi connectivity index (χ3n) is 5.26. The zero-order valence-corrected chi connectivity index (χ0v) is 17.6. The molecule has 2 heterocycles. The predicted octanol–water partition coefficient (Wildman–Crippen LogP) is 3.16. The van der Waals surface area contributed by atoms with Crippen molar-refractivity contribution in [2.75, 3.05) is 18.4 Å². The molecule has 2 aromatic carbocycles. The highest BCUT2D eigenvalue weighted by Gasteiger charge is 2.19. The minimum atomic E-state index is -0.500. The summed E-state index contributed by atoms with van der Waals surface area (Å²) in [6, 6.07) is 7.92. The second kappa shape index (κ2) is 9.37. The van der Waals surface area contributed by atoms with E-state index in [0.29, 0.717) is 30.9 Å². The lowest BCUT2D eigenvalue weighted by molar-refractivity contribution is 0.617. The highest BCUT2D eigenvalue weighted by Crippen LogP contribution is 2.27. The molecule has 0 unspecified atom stereocenters. The van der Waals surface area contributed by atoms with E-state index >= 15 is 0 Å². The number of aromatic amines is 1. The molecule has 0 saturated carbocycles. The molecule has 0 saturated heterocycles. The summed E-state index contributed by atoms with van der Waals surface area (Å²) in [5.74, 6) is -0.146. The fourth-order valence-corrected chi connectivity index (χ4v) is 3.54. The van der Waals surface area contributed by atoms with Gasteiger partial charge in [-0.3, -0.25) is 9.78 Å². The second-order valence-corrected chi connectivity index (χ2v) is 7.70. The van der Waals surface area contributed by atoms with Gasteiger partial charge in [0.05, 0.1) is 5.56 Å². The Kier molecular flexibility index (Phi) is 6.38. The molecule has 0 bridgehead atoms. The summed E-state index contributed by atoms with van der Waals surface area (Å²) in [5.41, 5.74) is 8.11. The van der Waals surface area contributed by atoms with E-state index in [1.54, 1.807) is 25.1 Å². The van der Waals surface area contributed by atoms with Gasteiger partial charge in [0, 0.05) is 30.4 Å². The van der Waals surface area contributed by atoms with Crippen molar-refractivity contribution < 1.29 is 8.78 Å². The SMILES string of the molecule is Cc1cc2c(cc1F)CC(=Nc1ncc(-c3ccc(CNCCCN)cc3F)c(=O)[nH]1)N2. The molecule has 4 rings (SSSR count). The van der Waals surface area contributed by atoms with Crippen LogP contribution in [0.5, 0.6) is 0 Å². The van der Waals surface area contributed by atoms with Gasteiger partial charge in [0.15, 0.2) is 0 Å². The number of hydrogen-bond donors (Lipinski definition) is 4. The van der Waals surface area contributed by atoms with Crippen molar-refractivity contribution in [3.63, 3.8) is 0 Å². The van der Waals surface area contributed by atoms with Crippen LogP contribution in [0, 0.1) is 18.6 Å². The van der Waals surface area contributed by atoms with Gasteiger partial charge in [0.1, 0.15) is 17.5 Å². The zero-order chi connectivity index (χ0) is 22.7. The maximum absolute atomic E-state index is 14.6. The maximum Gasteiger partial charge on any atom is 0.260 e. The van der Waals surface area contributed by atoms with E-state index in [1.165, 1.54) is 18.3 Å². The van der Waals surface area contributed by atoms with Crippen LogP contribution < -0.4 is 21.9 Å². The fourth-order valence-electron chi connectivity index (χ4n) is 3.54. The van der Waals surface area contributed by atoms with Crippen molar-refractivity contribution in [2.45, 2.75) is 26.3 Å². The number of hydrogen-bond acceptors (Lipinski definition) is 5. The molecule has 1 aromatic heterocycles. The van der Waals surface area contributed by atoms with Crippen LogP contribution in [0.15, 0.2) is 46.3 Å². The van der Waals surface area contributed by atoms with E-state index < -0.39 is 11.4 Å². The first-order valence-corrected chi connectivity index (χ1v) is 10.4. The lowest BCUT2D eigenvalue weighted by Crippen LogP contribution is -2.18. The third-order valence-corrected chi connectivity index (χ3v) is 5.26. The number of aromatic nitrogens is 2. The molecule has 0 amide bonds. The Labute approximate surface area is 183 Å². The van der Waals surface area contributed by atoms with Crippen LogP contribution in [0.2, 0.25) is 0 Å². The van der Waals surface area contributed by atoms with Gasteiger partial charge in [-0.15, -0.1) is 0 Å². The normalized spacial score (nSPS) is 13.9. The Hall–Kier alpha value is -3.43. The average molecular weight is 438 g/mol. The Morgan fingerprint density at radius 3 is 2.78 bits per heavy atom. The van der Waals surface area contributed by atoms with E-state index in [4.69, 9.17) is 5.73 Å². The quantitative estimate of drug-likeness (QED) is 0.424. The number of benzene rings is 2. The molecule has 0 atom stereocenters. The summed E-state index contributed by atoms with van der Waals surface area (Å²) in [7, 11) is 0. The van der Waals surface area contributed by atoms with E-state index in [0.717, 1.165) is 29.8 Å². The minimum Gasteiger partial charge on any atom is -0.343 e. The molecule has 1 aliphatic rings. The Morgan fingerprint density at radius 2 is 2.03 bits per heavy atom. The van der Waals surface area contributed by atoms with Crippen molar-refractivity contribution in [1.82, 2.24) is 15.3 Å². The molecule has 0 spiro atoms. The maximum atomic E-state index is 14.6. The monoisotopic (exact) mass is 438 g/mol. The number of nitrogens with zero attached hydrogens (tertiary/aromatic N) is 2. The molecular formula is C23H24F2N6O. The highest BCUT2D eigenvalue weighted by molar-refractivity contribution is 6.04. The number of aryl methyl sites for hydroxylation is 1. The first-order chi connectivity index (χ1) is 15.4. The third kappa shape index (κ3) is 4.74. The lowest BCUT2D eigenvalue weighted by atomic mass is 10.1. The van der Waals surface area contributed by atoms with Crippen LogP contribution in [0.3, 0.4) is 0 Å². The van der Waals surface area contributed by atoms with Crippen LogP contribution in [-0.4, -0.2) is 28.9 Å². The lowest BCUT2D eigenvalue weighted by Gasteiger charge is -2.07. The second-order valence-electron chi connectivity index (χ2n) is 7.70. The van der Waals surface area contributed by atoms with Crippen molar-refractivity contribution in [2.24, 2.45) is 10.7 Å². The Morgan fingerprint density at radius 1 is 1.19 bits per heavy atom. The molecule has 7 nitrogen and oxygen atoms in total. The van der Waals surface area contributed by atoms with Gasteiger partial charge in [-0.1, -0.05) is 12.1 Å². The van der Waals surface area contributed by atoms with Gasteiger partial charge in [-0.25, -0.2) is 13.8 Å². The number of rotatable bonds is 7. The number of aliphatic imine (C=N–C) groups is 1. The summed E-state index contributed by atoms with van der Waals surface area (Å²) in [5, 5.41) is 6.29. The van der Waals surface area contributed by atoms with Gasteiger partial charge in [0.2, 0.25) is 5.95 Å². The van der Waals surface area contributed by atoms with Gasteiger partial charge < -0.3 is 16.4 Å². The summed E-state index contributed by atoms with van der Waals surface area (Å²) in [4.78, 5) is 23.6. The number of anilines is 1. The Balaban J connectivity index is 1.50. The van der Waals surface area contributed by atoms with Crippen molar-refractivity contribution in [1.29, 1.82) is 0 Å². The van der Waals surface area contributed by atoms with Crippen LogP contribution in [0.25, 0.3) is 11.1 Å². The van der Waals surface area contributed by atoms with E-state index in [-0.39, 0.29) is 22.9 Å². The summed E-state index contributed by atoms with van der Waals surface area (Å²) < 4.78 is 28.4. The number of nitrogens with one attached hydrogen (secondary N) is 3. The number of nitrogens with two attached hydrogens (primary N) is 1. The fraction of sp³-hybridized carbons (Fsp3) is 0.261. The average Bonchev–Trinajstić information content (AvgIpc) is 3.13. The molecule has 166 valence electrons. The van der Waals surface area contributed by atoms with Gasteiger partial charge in [-0.2, -0.15) is 4.99 Å². The summed E-state index contributed by atoms with van der Waals surface area (Å²) in [6.45, 7) is 3.55. The first-order valence-electron chi connectivity index (χ1n) is 10.4. The molecule has 0 aliphatic carbocycles. The van der Waals surface area contributed by atoms with E-state index in [2.05, 4.69) is 25.6 Å². The smallest absolute Gasteiger partial charge is 0.260 e. The molecule has 0 radical (unpaired) electrons. The molecule has 9 heteroatoms. The Bertz CT molecular complexity index is 1200. The number of fused-ring (bicyclic) bond motifs is 1. The van der Waals surface area contributed by atoms with Crippen molar-refractivity contribution in [3.05, 3.63) is 75.2 Å². The van der Waals surface area contributed by atoms with E-state index in [9.17, 15) is 13.6 Å². The van der Waals surface area contributed by atoms with Crippen molar-refractivity contribution >= 4 is 17.5 Å². The van der Waals surface area contributed by atoms with Crippen LogP contribution in [0.4, 0.5) is 20.4 Å². The molecule has 1 aliphatic heterocycles. The minimum absolute atomic E-state index is 0.0902. The van der Waals surface area contributed by atoms with Crippen LogP contribution >= 0.6 is 0 Å². The summed E-state index contributed by atoms with van der Waals surface area (Å²) >= 11 is 0. The number of halogens is 2. The molecule has 32 heavy (non-hydrogen) atoms. The highest BCUT2D eigenvalue weighted by atomic mass is 19.1. The number of amidine groups is 1. The van der Waals surface area contributed by atoms with Gasteiger partial charge >= 0.3 is 0 Å². The topological polar surface area (TPSA) is 108 Å². The molecule has 5 N–H and O–H groups in total. The van der Waals surface area contributed by atoms with Gasteiger partial charge in [0.25, 0.3) is 5.56 Å². The zero-order valence-electron chi connectivity index (χ0n) is 17.6. The van der Waals surface area contributed by atoms with Gasteiger partial charge in [-0.05, 0) is 61.3 Å². The van der Waals surface area contributed by atoms with Crippen LogP contribution in [0.1, 0.15) is 23.1 Å². The predicted molar refractivity (Wildman–Crippen MR) is 121 cm³/mol. The largest absolute Gasteiger partial charge is 0.343 e. The van der Waals surface area contributed by atoms with E-state index in [1.807, 2.05) is 0 Å². The molecule has 3 aromatic rings. The standard InChI is InChI=1S/C23H24F2N6O/c1-13-7-20-15(9-18(13)24)10-21(29-20)30-23-28-12-17(22(32)31-23)16-4-3-14(8-19(16)25)11-27-6-2-5-26/h3-4,7-9,12,27H,2,5-6,10-11,26H2,1H3,(H2,28,29,30,31,32). The molecule has 0 fully saturated rings. The van der Waals surface area contributed by atoms with Crippen LogP contribution in [-0.2, 0) is 13.0 Å². The number of H-pyrrole nitrogens is 1. The summed E-state index contributed by atoms with van der Waals surface area (Å²) in [6.07, 6.45) is 2.55. The first kappa shape index (κ1) is 21.8. The van der Waals surface area contributed by atoms with Crippen molar-refractivity contribution in [3.8, 4) is 11.1 Å². The molecular weight excluding hydrogens is 414 g/mol.